The number of nitrogens with zero attached hydrogens (tertiary/aromatic N) is 3. The number of hydrogen-bond donors (Lipinski definition) is 2. The highest BCUT2D eigenvalue weighted by atomic mass is 35.5. The van der Waals surface area contributed by atoms with E-state index >= 15 is 0 Å². The third-order valence-corrected chi connectivity index (χ3v) is 5.89. The van der Waals surface area contributed by atoms with Crippen LogP contribution in [0.4, 0.5) is 11.4 Å². The molecule has 1 heterocycles. The van der Waals surface area contributed by atoms with Gasteiger partial charge >= 0.3 is 11.8 Å². The largest absolute Gasteiger partial charge is 0.378 e. The zero-order valence-corrected chi connectivity index (χ0v) is 19.0. The molecule has 0 unspecified atom stereocenters. The van der Waals surface area contributed by atoms with Gasteiger partial charge in [-0.2, -0.15) is 0 Å². The first-order valence-corrected chi connectivity index (χ1v) is 10.8. The molecule has 8 heteroatoms. The third-order valence-electron chi connectivity index (χ3n) is 5.56. The highest BCUT2D eigenvalue weighted by molar-refractivity contribution is 6.41. The zero-order chi connectivity index (χ0) is 22.4. The lowest BCUT2D eigenvalue weighted by Crippen LogP contribution is -2.49. The van der Waals surface area contributed by atoms with E-state index in [4.69, 9.17) is 11.6 Å². The average Bonchev–Trinajstić information content (AvgIpc) is 2.76. The number of likely N-dealkylation sites (N-methyl/N-ethyl adjacent to an activating group) is 1. The standard InChI is InChI=1S/C23H30ClN5O2/c1-27(2)18-10-8-17(9-11-18)21(29-14-12-28(3)13-15-29)16-25-22(30)23(31)26-20-7-5-4-6-19(20)24/h4-11,21H,12-16H2,1-3H3,(H,25,30)(H,26,31)/t21-/m0/s1. The van der Waals surface area contributed by atoms with Gasteiger partial charge in [-0.05, 0) is 36.9 Å². The molecular weight excluding hydrogens is 414 g/mol. The molecule has 1 atom stereocenters. The summed E-state index contributed by atoms with van der Waals surface area (Å²) in [5.41, 5.74) is 2.64. The molecule has 2 N–H and O–H groups in total. The van der Waals surface area contributed by atoms with Gasteiger partial charge in [-0.1, -0.05) is 35.9 Å². The van der Waals surface area contributed by atoms with Gasteiger partial charge in [0.05, 0.1) is 16.8 Å². The molecule has 0 spiro atoms. The van der Waals surface area contributed by atoms with E-state index in [9.17, 15) is 9.59 Å². The van der Waals surface area contributed by atoms with E-state index in [0.29, 0.717) is 17.3 Å². The van der Waals surface area contributed by atoms with Crippen LogP contribution in [0.2, 0.25) is 5.02 Å². The number of hydrogen-bond acceptors (Lipinski definition) is 5. The van der Waals surface area contributed by atoms with Crippen LogP contribution in [0.1, 0.15) is 11.6 Å². The van der Waals surface area contributed by atoms with Crippen LogP contribution in [0.25, 0.3) is 0 Å². The Morgan fingerprint density at radius 2 is 1.65 bits per heavy atom. The summed E-state index contributed by atoms with van der Waals surface area (Å²) in [5, 5.41) is 5.77. The van der Waals surface area contributed by atoms with E-state index in [0.717, 1.165) is 37.4 Å². The molecule has 2 aromatic carbocycles. The van der Waals surface area contributed by atoms with Crippen molar-refractivity contribution in [3.63, 3.8) is 0 Å². The van der Waals surface area contributed by atoms with E-state index in [2.05, 4.69) is 56.6 Å². The van der Waals surface area contributed by atoms with Gasteiger partial charge in [-0.3, -0.25) is 14.5 Å². The number of rotatable bonds is 6. The summed E-state index contributed by atoms with van der Waals surface area (Å²) in [6.07, 6.45) is 0. The number of carbonyl (C=O) groups excluding carboxylic acids is 2. The van der Waals surface area contributed by atoms with Crippen molar-refractivity contribution in [3.05, 3.63) is 59.1 Å². The number of para-hydroxylation sites is 1. The molecular formula is C23H30ClN5O2. The second kappa shape index (κ2) is 10.6. The highest BCUT2D eigenvalue weighted by Crippen LogP contribution is 2.24. The number of halogens is 1. The van der Waals surface area contributed by atoms with Crippen molar-refractivity contribution in [2.45, 2.75) is 6.04 Å². The number of anilines is 2. The molecule has 0 saturated carbocycles. The van der Waals surface area contributed by atoms with Gasteiger partial charge in [0, 0.05) is 52.5 Å². The molecule has 1 saturated heterocycles. The van der Waals surface area contributed by atoms with Crippen molar-refractivity contribution >= 4 is 34.8 Å². The number of amides is 2. The fraction of sp³-hybridized carbons (Fsp3) is 0.391. The Hall–Kier alpha value is -2.61. The minimum atomic E-state index is -0.729. The third kappa shape index (κ3) is 6.19. The molecule has 0 aromatic heterocycles. The van der Waals surface area contributed by atoms with E-state index in [1.165, 1.54) is 0 Å². The van der Waals surface area contributed by atoms with Crippen LogP contribution in [-0.2, 0) is 9.59 Å². The van der Waals surface area contributed by atoms with Crippen LogP contribution in [0.5, 0.6) is 0 Å². The summed E-state index contributed by atoms with van der Waals surface area (Å²) in [6.45, 7) is 4.08. The average molecular weight is 444 g/mol. The number of benzene rings is 2. The molecule has 7 nitrogen and oxygen atoms in total. The van der Waals surface area contributed by atoms with E-state index in [1.54, 1.807) is 24.3 Å². The lowest BCUT2D eigenvalue weighted by Gasteiger charge is -2.38. The summed E-state index contributed by atoms with van der Waals surface area (Å²) < 4.78 is 0. The molecule has 2 amide bonds. The fourth-order valence-corrected chi connectivity index (χ4v) is 3.78. The van der Waals surface area contributed by atoms with Crippen LogP contribution in [0.3, 0.4) is 0 Å². The van der Waals surface area contributed by atoms with Crippen LogP contribution >= 0.6 is 11.6 Å². The number of nitrogens with one attached hydrogen (secondary N) is 2. The lowest BCUT2D eigenvalue weighted by molar-refractivity contribution is -0.136. The highest BCUT2D eigenvalue weighted by Gasteiger charge is 2.25. The Kier molecular flexibility index (Phi) is 7.90. The monoisotopic (exact) mass is 443 g/mol. The lowest BCUT2D eigenvalue weighted by atomic mass is 10.0. The second-order valence-corrected chi connectivity index (χ2v) is 8.39. The van der Waals surface area contributed by atoms with Crippen LogP contribution < -0.4 is 15.5 Å². The summed E-state index contributed by atoms with van der Waals surface area (Å²) >= 11 is 6.07. The van der Waals surface area contributed by atoms with Crippen LogP contribution in [0, 0.1) is 0 Å². The maximum Gasteiger partial charge on any atom is 0.313 e. The summed E-state index contributed by atoms with van der Waals surface area (Å²) in [7, 11) is 6.12. The van der Waals surface area contributed by atoms with Gasteiger partial charge in [0.15, 0.2) is 0 Å². The van der Waals surface area contributed by atoms with Crippen molar-refractivity contribution in [1.82, 2.24) is 15.1 Å². The molecule has 0 bridgehead atoms. The molecule has 1 aliphatic heterocycles. The van der Waals surface area contributed by atoms with Gasteiger partial charge in [0.25, 0.3) is 0 Å². The van der Waals surface area contributed by atoms with Crippen molar-refractivity contribution in [2.24, 2.45) is 0 Å². The summed E-state index contributed by atoms with van der Waals surface area (Å²) in [6, 6.07) is 15.2. The number of piperazine rings is 1. The molecule has 1 aliphatic rings. The zero-order valence-electron chi connectivity index (χ0n) is 18.3. The second-order valence-electron chi connectivity index (χ2n) is 7.98. The fourth-order valence-electron chi connectivity index (χ4n) is 3.60. The minimum Gasteiger partial charge on any atom is -0.378 e. The predicted molar refractivity (Wildman–Crippen MR) is 126 cm³/mol. The van der Waals surface area contributed by atoms with E-state index < -0.39 is 11.8 Å². The summed E-state index contributed by atoms with van der Waals surface area (Å²) in [4.78, 5) is 31.5. The Labute approximate surface area is 189 Å². The summed E-state index contributed by atoms with van der Waals surface area (Å²) in [5.74, 6) is -1.41. The normalized spacial score (nSPS) is 15.9. The van der Waals surface area contributed by atoms with Gasteiger partial charge in [0.1, 0.15) is 0 Å². The van der Waals surface area contributed by atoms with Gasteiger partial charge in [0.2, 0.25) is 0 Å². The topological polar surface area (TPSA) is 67.9 Å². The Balaban J connectivity index is 1.68. The Morgan fingerprint density at radius 1 is 1.00 bits per heavy atom. The van der Waals surface area contributed by atoms with Gasteiger partial charge in [-0.25, -0.2) is 0 Å². The van der Waals surface area contributed by atoms with Crippen molar-refractivity contribution in [3.8, 4) is 0 Å². The first kappa shape index (κ1) is 23.1. The minimum absolute atomic E-state index is 0.0121. The molecule has 166 valence electrons. The van der Waals surface area contributed by atoms with E-state index in [1.807, 2.05) is 14.1 Å². The van der Waals surface area contributed by atoms with Crippen LogP contribution in [-0.4, -0.2) is 75.5 Å². The van der Waals surface area contributed by atoms with Gasteiger partial charge < -0.3 is 20.4 Å². The molecule has 31 heavy (non-hydrogen) atoms. The van der Waals surface area contributed by atoms with Gasteiger partial charge in [-0.15, -0.1) is 0 Å². The molecule has 0 aliphatic carbocycles. The smallest absolute Gasteiger partial charge is 0.313 e. The SMILES string of the molecule is CN1CCN([C@@H](CNC(=O)C(=O)Nc2ccccc2Cl)c2ccc(N(C)C)cc2)CC1. The molecule has 1 fully saturated rings. The maximum atomic E-state index is 12.5. The Morgan fingerprint density at radius 3 is 2.26 bits per heavy atom. The number of carbonyl (C=O) groups is 2. The Bertz CT molecular complexity index is 895. The van der Waals surface area contributed by atoms with E-state index in [-0.39, 0.29) is 6.04 Å². The maximum absolute atomic E-state index is 12.5. The molecule has 2 aromatic rings. The van der Waals surface area contributed by atoms with Crippen molar-refractivity contribution < 1.29 is 9.59 Å². The van der Waals surface area contributed by atoms with Crippen molar-refractivity contribution in [2.75, 3.05) is 64.1 Å². The first-order valence-electron chi connectivity index (χ1n) is 10.4. The quantitative estimate of drug-likeness (QED) is 0.671. The first-order chi connectivity index (χ1) is 14.8. The molecule has 3 rings (SSSR count). The van der Waals surface area contributed by atoms with Crippen molar-refractivity contribution in [1.29, 1.82) is 0 Å². The predicted octanol–water partition coefficient (Wildman–Crippen LogP) is 2.45. The molecule has 0 radical (unpaired) electrons. The van der Waals surface area contributed by atoms with Crippen LogP contribution in [0.15, 0.2) is 48.5 Å².